The number of aliphatic hydroxyl groups excluding tert-OH is 1. The Morgan fingerprint density at radius 1 is 1.32 bits per heavy atom. The number of carboxylic acid groups (broad SMARTS) is 1. The Kier molecular flexibility index (Phi) is 6.38. The number of amides is 1. The number of nitrogens with one attached hydrogen (secondary N) is 1. The highest BCUT2D eigenvalue weighted by Gasteiger charge is 2.13. The first kappa shape index (κ1) is 15.5. The number of carbonyl (C=O) groups excluding carboxylic acids is 1. The molecule has 0 aliphatic carbocycles. The molecule has 0 spiro atoms. The first-order valence-corrected chi connectivity index (χ1v) is 6.95. The molecule has 1 aromatic carbocycles. The summed E-state index contributed by atoms with van der Waals surface area (Å²) >= 11 is 1.44. The van der Waals surface area contributed by atoms with E-state index in [0.717, 1.165) is 11.3 Å². The van der Waals surface area contributed by atoms with E-state index in [4.69, 9.17) is 10.2 Å². The molecular weight excluding hydrogens is 266 g/mol. The summed E-state index contributed by atoms with van der Waals surface area (Å²) in [5.74, 6) is -0.667. The van der Waals surface area contributed by atoms with Crippen molar-refractivity contribution in [2.24, 2.45) is 0 Å². The lowest BCUT2D eigenvalue weighted by atomic mass is 10.2. The van der Waals surface area contributed by atoms with Crippen molar-refractivity contribution < 1.29 is 19.8 Å². The van der Waals surface area contributed by atoms with E-state index < -0.39 is 12.1 Å². The lowest BCUT2D eigenvalue weighted by Crippen LogP contribution is -2.37. The van der Waals surface area contributed by atoms with Crippen molar-refractivity contribution >= 4 is 23.6 Å². The first-order chi connectivity index (χ1) is 8.99. The third kappa shape index (κ3) is 6.26. The van der Waals surface area contributed by atoms with E-state index in [1.807, 2.05) is 31.2 Å². The summed E-state index contributed by atoms with van der Waals surface area (Å²) in [7, 11) is 0. The van der Waals surface area contributed by atoms with E-state index in [1.165, 1.54) is 17.3 Å². The van der Waals surface area contributed by atoms with Crippen molar-refractivity contribution in [3.8, 4) is 0 Å². The van der Waals surface area contributed by atoms with Crippen molar-refractivity contribution in [3.63, 3.8) is 0 Å². The average molecular weight is 283 g/mol. The summed E-state index contributed by atoms with van der Waals surface area (Å²) in [5, 5.41) is 19.8. The van der Waals surface area contributed by atoms with E-state index in [1.54, 1.807) is 0 Å². The number of hydrogen-bond acceptors (Lipinski definition) is 4. The molecule has 6 heteroatoms. The maximum Gasteiger partial charge on any atom is 0.334 e. The highest BCUT2D eigenvalue weighted by atomic mass is 32.2. The molecule has 3 N–H and O–H groups in total. The number of benzene rings is 1. The minimum absolute atomic E-state index is 0.236. The van der Waals surface area contributed by atoms with Crippen molar-refractivity contribution in [2.75, 3.05) is 12.3 Å². The van der Waals surface area contributed by atoms with Gasteiger partial charge in [-0.1, -0.05) is 29.8 Å². The van der Waals surface area contributed by atoms with Gasteiger partial charge in [0.1, 0.15) is 0 Å². The third-order valence-electron chi connectivity index (χ3n) is 2.40. The van der Waals surface area contributed by atoms with Gasteiger partial charge < -0.3 is 15.5 Å². The Bertz CT molecular complexity index is 433. The zero-order valence-corrected chi connectivity index (χ0v) is 11.4. The van der Waals surface area contributed by atoms with Crippen LogP contribution in [0.25, 0.3) is 0 Å². The maximum atomic E-state index is 11.4. The number of thioether (sulfide) groups is 1. The SMILES string of the molecule is Cc1ccc(CSCC(=O)NC[C@H](O)C(=O)O)cc1. The molecule has 0 unspecified atom stereocenters. The Balaban J connectivity index is 2.20. The van der Waals surface area contributed by atoms with E-state index in [0.29, 0.717) is 0 Å². The van der Waals surface area contributed by atoms with E-state index in [-0.39, 0.29) is 18.2 Å². The topological polar surface area (TPSA) is 86.6 Å². The third-order valence-corrected chi connectivity index (χ3v) is 3.40. The lowest BCUT2D eigenvalue weighted by molar-refractivity contribution is -0.146. The number of carbonyl (C=O) groups is 2. The summed E-state index contributed by atoms with van der Waals surface area (Å²) in [6.07, 6.45) is -1.55. The predicted molar refractivity (Wildman–Crippen MR) is 74.0 cm³/mol. The molecule has 0 aliphatic rings. The first-order valence-electron chi connectivity index (χ1n) is 5.80. The molecule has 5 nitrogen and oxygen atoms in total. The van der Waals surface area contributed by atoms with E-state index >= 15 is 0 Å². The number of carboxylic acids is 1. The molecule has 1 rings (SSSR count). The van der Waals surface area contributed by atoms with Gasteiger partial charge in [0, 0.05) is 5.75 Å². The highest BCUT2D eigenvalue weighted by Crippen LogP contribution is 2.12. The Morgan fingerprint density at radius 3 is 2.53 bits per heavy atom. The summed E-state index contributed by atoms with van der Waals surface area (Å²) in [5.41, 5.74) is 2.32. The lowest BCUT2D eigenvalue weighted by Gasteiger charge is -2.07. The minimum atomic E-state index is -1.55. The number of aliphatic carboxylic acids is 1. The summed E-state index contributed by atoms with van der Waals surface area (Å²) < 4.78 is 0. The van der Waals surface area contributed by atoms with Gasteiger partial charge >= 0.3 is 5.97 Å². The molecule has 0 aromatic heterocycles. The Morgan fingerprint density at radius 2 is 1.95 bits per heavy atom. The van der Waals surface area contributed by atoms with Gasteiger partial charge in [-0.3, -0.25) is 4.79 Å². The van der Waals surface area contributed by atoms with Gasteiger partial charge in [0.2, 0.25) is 5.91 Å². The van der Waals surface area contributed by atoms with Gasteiger partial charge in [0.05, 0.1) is 12.3 Å². The van der Waals surface area contributed by atoms with Crippen LogP contribution in [-0.2, 0) is 15.3 Å². The molecule has 0 saturated carbocycles. The summed E-state index contributed by atoms with van der Waals surface area (Å²) in [4.78, 5) is 21.7. The fourth-order valence-corrected chi connectivity index (χ4v) is 2.11. The Hall–Kier alpha value is -1.53. The minimum Gasteiger partial charge on any atom is -0.479 e. The fourth-order valence-electron chi connectivity index (χ4n) is 1.29. The second-order valence-electron chi connectivity index (χ2n) is 4.14. The second-order valence-corrected chi connectivity index (χ2v) is 5.12. The number of aliphatic hydroxyl groups is 1. The van der Waals surface area contributed by atoms with Gasteiger partial charge in [-0.15, -0.1) is 11.8 Å². The maximum absolute atomic E-state index is 11.4. The van der Waals surface area contributed by atoms with Crippen LogP contribution in [0.15, 0.2) is 24.3 Å². The Labute approximate surface area is 116 Å². The summed E-state index contributed by atoms with van der Waals surface area (Å²) in [6.45, 7) is 1.75. The van der Waals surface area contributed by atoms with Crippen molar-refractivity contribution in [2.45, 2.75) is 18.8 Å². The number of aryl methyl sites for hydroxylation is 1. The monoisotopic (exact) mass is 283 g/mol. The van der Waals surface area contributed by atoms with Gasteiger partial charge in [-0.2, -0.15) is 0 Å². The molecule has 0 aliphatic heterocycles. The normalized spacial score (nSPS) is 11.9. The van der Waals surface area contributed by atoms with Gasteiger partial charge in [-0.05, 0) is 12.5 Å². The van der Waals surface area contributed by atoms with E-state index in [2.05, 4.69) is 5.32 Å². The molecule has 104 valence electrons. The fraction of sp³-hybridized carbons (Fsp3) is 0.385. The van der Waals surface area contributed by atoms with Crippen molar-refractivity contribution in [3.05, 3.63) is 35.4 Å². The molecule has 0 radical (unpaired) electrons. The van der Waals surface area contributed by atoms with Crippen LogP contribution in [-0.4, -0.2) is 40.5 Å². The molecule has 0 heterocycles. The predicted octanol–water partition coefficient (Wildman–Crippen LogP) is 0.790. The molecule has 0 fully saturated rings. The molecular formula is C13H17NO4S. The number of rotatable bonds is 7. The molecule has 0 saturated heterocycles. The van der Waals surface area contributed by atoms with Crippen molar-refractivity contribution in [1.29, 1.82) is 0 Å². The number of hydrogen-bond donors (Lipinski definition) is 3. The van der Waals surface area contributed by atoms with Crippen LogP contribution in [0.2, 0.25) is 0 Å². The average Bonchev–Trinajstić information content (AvgIpc) is 2.38. The molecule has 1 aromatic rings. The summed E-state index contributed by atoms with van der Waals surface area (Å²) in [6, 6.07) is 8.04. The zero-order valence-electron chi connectivity index (χ0n) is 10.6. The standard InChI is InChI=1S/C13H17NO4S/c1-9-2-4-10(5-3-9)7-19-8-12(16)14-6-11(15)13(17)18/h2-5,11,15H,6-8H2,1H3,(H,14,16)(H,17,18)/t11-/m0/s1. The zero-order chi connectivity index (χ0) is 14.3. The van der Waals surface area contributed by atoms with Gasteiger partial charge in [0.15, 0.2) is 6.10 Å². The van der Waals surface area contributed by atoms with Gasteiger partial charge in [0.25, 0.3) is 0 Å². The van der Waals surface area contributed by atoms with Crippen LogP contribution in [0.1, 0.15) is 11.1 Å². The van der Waals surface area contributed by atoms with Crippen LogP contribution in [0.4, 0.5) is 0 Å². The van der Waals surface area contributed by atoms with Crippen LogP contribution in [0.5, 0.6) is 0 Å². The second kappa shape index (κ2) is 7.81. The van der Waals surface area contributed by atoms with Crippen LogP contribution in [0, 0.1) is 6.92 Å². The van der Waals surface area contributed by atoms with E-state index in [9.17, 15) is 9.59 Å². The van der Waals surface area contributed by atoms with Crippen LogP contribution < -0.4 is 5.32 Å². The smallest absolute Gasteiger partial charge is 0.334 e. The molecule has 1 atom stereocenters. The van der Waals surface area contributed by atoms with Crippen LogP contribution >= 0.6 is 11.8 Å². The molecule has 0 bridgehead atoms. The largest absolute Gasteiger partial charge is 0.479 e. The van der Waals surface area contributed by atoms with Crippen LogP contribution in [0.3, 0.4) is 0 Å². The quantitative estimate of drug-likeness (QED) is 0.689. The van der Waals surface area contributed by atoms with Gasteiger partial charge in [-0.25, -0.2) is 4.79 Å². The highest BCUT2D eigenvalue weighted by molar-refractivity contribution is 7.99. The van der Waals surface area contributed by atoms with Crippen molar-refractivity contribution in [1.82, 2.24) is 5.32 Å². The molecule has 19 heavy (non-hydrogen) atoms. The molecule has 1 amide bonds.